The molecule has 1 aromatic rings. The molecule has 0 aliphatic heterocycles. The number of carbonyl (C=O) groups excluding carboxylic acids is 1. The zero-order valence-electron chi connectivity index (χ0n) is 17.4. The molecule has 0 bridgehead atoms. The Bertz CT molecular complexity index is 747. The maximum atomic E-state index is 13.3. The van der Waals surface area contributed by atoms with E-state index in [9.17, 15) is 22.4 Å². The van der Waals surface area contributed by atoms with Gasteiger partial charge in [0.2, 0.25) is 5.91 Å². The van der Waals surface area contributed by atoms with Crippen LogP contribution in [0.3, 0.4) is 0 Å². The van der Waals surface area contributed by atoms with Gasteiger partial charge < -0.3 is 15.5 Å². The smallest absolute Gasteiger partial charge is 0.357 e. The Morgan fingerprint density at radius 2 is 1.83 bits per heavy atom. The predicted molar refractivity (Wildman–Crippen MR) is 119 cm³/mol. The summed E-state index contributed by atoms with van der Waals surface area (Å²) in [6.07, 6.45) is -1.23. The summed E-state index contributed by atoms with van der Waals surface area (Å²) in [5, 5.41) is 6.11. The number of amides is 1. The summed E-state index contributed by atoms with van der Waals surface area (Å²) >= 11 is 0. The lowest BCUT2D eigenvalue weighted by Gasteiger charge is -2.31. The van der Waals surface area contributed by atoms with Crippen molar-refractivity contribution < 1.29 is 22.4 Å². The van der Waals surface area contributed by atoms with E-state index in [0.717, 1.165) is 37.8 Å². The number of halogens is 5. The molecule has 170 valence electrons. The Labute approximate surface area is 191 Å². The second kappa shape index (κ2) is 11.1. The first kappa shape index (κ1) is 26.4. The van der Waals surface area contributed by atoms with Crippen LogP contribution in [-0.4, -0.2) is 44.0 Å². The van der Waals surface area contributed by atoms with Crippen LogP contribution in [0.4, 0.5) is 17.6 Å². The van der Waals surface area contributed by atoms with Crippen molar-refractivity contribution in [3.05, 3.63) is 35.1 Å². The number of guanidine groups is 1. The van der Waals surface area contributed by atoms with Gasteiger partial charge in [-0.05, 0) is 37.5 Å². The van der Waals surface area contributed by atoms with E-state index in [1.807, 2.05) is 6.92 Å². The van der Waals surface area contributed by atoms with Gasteiger partial charge in [-0.2, -0.15) is 13.2 Å². The number of benzene rings is 1. The zero-order chi connectivity index (χ0) is 21.7. The van der Waals surface area contributed by atoms with Crippen LogP contribution >= 0.6 is 24.0 Å². The number of aliphatic imine (C=N–C) groups is 1. The van der Waals surface area contributed by atoms with Crippen LogP contribution in [0.25, 0.3) is 0 Å². The fourth-order valence-electron chi connectivity index (χ4n) is 3.70. The van der Waals surface area contributed by atoms with Crippen LogP contribution in [-0.2, 0) is 17.5 Å². The molecule has 1 saturated carbocycles. The topological polar surface area (TPSA) is 56.7 Å². The number of alkyl halides is 3. The summed E-state index contributed by atoms with van der Waals surface area (Å²) < 4.78 is 52.8. The van der Waals surface area contributed by atoms with Gasteiger partial charge in [0.25, 0.3) is 0 Å². The molecule has 0 unspecified atom stereocenters. The van der Waals surface area contributed by atoms with Crippen molar-refractivity contribution in [3.8, 4) is 0 Å². The Morgan fingerprint density at radius 1 is 1.20 bits per heavy atom. The number of nitrogens with zero attached hydrogens (tertiary/aromatic N) is 2. The number of hydrogen-bond acceptors (Lipinski definition) is 2. The summed E-state index contributed by atoms with van der Waals surface area (Å²) in [6, 6.07) is 2.57. The van der Waals surface area contributed by atoms with Crippen LogP contribution < -0.4 is 10.6 Å². The minimum absolute atomic E-state index is 0. The molecule has 0 radical (unpaired) electrons. The molecule has 30 heavy (non-hydrogen) atoms. The summed E-state index contributed by atoms with van der Waals surface area (Å²) in [5.41, 5.74) is -1.68. The maximum Gasteiger partial charge on any atom is 0.416 e. The Morgan fingerprint density at radius 3 is 2.37 bits per heavy atom. The van der Waals surface area contributed by atoms with Crippen molar-refractivity contribution in [2.45, 2.75) is 45.3 Å². The van der Waals surface area contributed by atoms with Crippen LogP contribution in [0.1, 0.15) is 43.7 Å². The molecule has 5 nitrogen and oxygen atoms in total. The van der Waals surface area contributed by atoms with Gasteiger partial charge in [-0.3, -0.25) is 4.79 Å². The highest BCUT2D eigenvalue weighted by Crippen LogP contribution is 2.39. The van der Waals surface area contributed by atoms with Crippen molar-refractivity contribution in [3.63, 3.8) is 0 Å². The van der Waals surface area contributed by atoms with Gasteiger partial charge in [-0.15, -0.1) is 24.0 Å². The lowest BCUT2D eigenvalue weighted by molar-refractivity contribution is -0.139. The first-order valence-electron chi connectivity index (χ1n) is 9.68. The average Bonchev–Trinajstić information content (AvgIpc) is 3.13. The van der Waals surface area contributed by atoms with Crippen molar-refractivity contribution in [1.82, 2.24) is 15.5 Å². The summed E-state index contributed by atoms with van der Waals surface area (Å²) in [6.45, 7) is 2.44. The molecule has 0 saturated heterocycles. The quantitative estimate of drug-likeness (QED) is 0.245. The van der Waals surface area contributed by atoms with Gasteiger partial charge in [-0.1, -0.05) is 18.9 Å². The fourth-order valence-corrected chi connectivity index (χ4v) is 3.70. The normalized spacial score (nSPS) is 16.0. The predicted octanol–water partition coefficient (Wildman–Crippen LogP) is 4.17. The highest BCUT2D eigenvalue weighted by atomic mass is 127. The number of hydrogen-bond donors (Lipinski definition) is 2. The molecule has 0 aromatic heterocycles. The van der Waals surface area contributed by atoms with Crippen LogP contribution in [0.2, 0.25) is 0 Å². The van der Waals surface area contributed by atoms with Crippen LogP contribution in [0.5, 0.6) is 0 Å². The zero-order valence-corrected chi connectivity index (χ0v) is 19.7. The van der Waals surface area contributed by atoms with Crippen molar-refractivity contribution in [2.75, 3.05) is 27.2 Å². The minimum atomic E-state index is -4.66. The highest BCUT2D eigenvalue weighted by Gasteiger charge is 2.42. The van der Waals surface area contributed by atoms with Crippen LogP contribution in [0, 0.1) is 11.2 Å². The van der Waals surface area contributed by atoms with E-state index >= 15 is 0 Å². The third-order valence-electron chi connectivity index (χ3n) is 5.14. The molecule has 2 N–H and O–H groups in total. The first-order chi connectivity index (χ1) is 13.6. The number of nitrogens with one attached hydrogen (secondary N) is 2. The van der Waals surface area contributed by atoms with E-state index in [1.165, 1.54) is 0 Å². The van der Waals surface area contributed by atoms with Gasteiger partial charge in [0.1, 0.15) is 5.82 Å². The third kappa shape index (κ3) is 6.71. The molecule has 2 rings (SSSR count). The van der Waals surface area contributed by atoms with E-state index < -0.39 is 23.0 Å². The minimum Gasteiger partial charge on any atom is -0.357 e. The van der Waals surface area contributed by atoms with E-state index in [2.05, 4.69) is 15.6 Å². The molecular formula is C20H29F4IN4O. The van der Waals surface area contributed by atoms with E-state index in [-0.39, 0.29) is 42.0 Å². The fraction of sp³-hybridized carbons (Fsp3) is 0.600. The van der Waals surface area contributed by atoms with Crippen molar-refractivity contribution in [1.29, 1.82) is 0 Å². The Hall–Kier alpha value is -1.59. The number of rotatable bonds is 6. The average molecular weight is 544 g/mol. The maximum absolute atomic E-state index is 13.3. The second-order valence-electron chi connectivity index (χ2n) is 7.53. The van der Waals surface area contributed by atoms with Gasteiger partial charge >= 0.3 is 6.18 Å². The highest BCUT2D eigenvalue weighted by molar-refractivity contribution is 14.0. The molecule has 1 aromatic carbocycles. The third-order valence-corrected chi connectivity index (χ3v) is 5.14. The number of carbonyl (C=O) groups is 1. The molecule has 0 heterocycles. The molecule has 0 spiro atoms. The molecule has 0 atom stereocenters. The summed E-state index contributed by atoms with van der Waals surface area (Å²) in [4.78, 5) is 18.5. The second-order valence-corrected chi connectivity index (χ2v) is 7.53. The summed E-state index contributed by atoms with van der Waals surface area (Å²) in [5.74, 6) is -0.584. The van der Waals surface area contributed by atoms with Crippen molar-refractivity contribution >= 4 is 35.8 Å². The lowest BCUT2D eigenvalue weighted by Crippen LogP contribution is -2.49. The van der Waals surface area contributed by atoms with E-state index in [0.29, 0.717) is 25.1 Å². The van der Waals surface area contributed by atoms with Gasteiger partial charge in [-0.25, -0.2) is 9.38 Å². The van der Waals surface area contributed by atoms with Gasteiger partial charge in [0.05, 0.1) is 17.5 Å². The molecule has 1 aliphatic carbocycles. The standard InChI is InChI=1S/C20H28F4N4O.HI/c1-4-25-18(27-13-19(9-5-6-10-19)17(29)28(2)3)26-12-14-7-8-15(21)11-16(14)20(22,23)24;/h7-8,11H,4-6,9-10,12-13H2,1-3H3,(H2,25,26,27);1H. The molecular weight excluding hydrogens is 515 g/mol. The SMILES string of the molecule is CCNC(=NCc1ccc(F)cc1C(F)(F)F)NCC1(C(=O)N(C)C)CCCC1.I. The molecule has 10 heteroatoms. The summed E-state index contributed by atoms with van der Waals surface area (Å²) in [7, 11) is 3.43. The largest absolute Gasteiger partial charge is 0.416 e. The van der Waals surface area contributed by atoms with Crippen molar-refractivity contribution in [2.24, 2.45) is 10.4 Å². The Balaban J connectivity index is 0.00000450. The van der Waals surface area contributed by atoms with E-state index in [4.69, 9.17) is 0 Å². The van der Waals surface area contributed by atoms with E-state index in [1.54, 1.807) is 19.0 Å². The Kier molecular flexibility index (Phi) is 9.83. The molecule has 1 aliphatic rings. The lowest BCUT2D eigenvalue weighted by atomic mass is 9.84. The molecule has 1 amide bonds. The van der Waals surface area contributed by atoms with Gasteiger partial charge in [0.15, 0.2) is 5.96 Å². The van der Waals surface area contributed by atoms with Gasteiger partial charge in [0, 0.05) is 27.2 Å². The monoisotopic (exact) mass is 544 g/mol. The van der Waals surface area contributed by atoms with Crippen LogP contribution in [0.15, 0.2) is 23.2 Å². The molecule has 1 fully saturated rings. The first-order valence-corrected chi connectivity index (χ1v) is 9.68.